The van der Waals surface area contributed by atoms with E-state index in [1.54, 1.807) is 17.2 Å². The van der Waals surface area contributed by atoms with Crippen molar-refractivity contribution < 1.29 is 9.59 Å². The zero-order chi connectivity index (χ0) is 17.2. The van der Waals surface area contributed by atoms with Gasteiger partial charge in [0, 0.05) is 30.5 Å². The van der Waals surface area contributed by atoms with Gasteiger partial charge in [-0.3, -0.25) is 14.3 Å². The van der Waals surface area contributed by atoms with Gasteiger partial charge in [-0.15, -0.1) is 0 Å². The monoisotopic (exact) mass is 338 g/mol. The maximum atomic E-state index is 12.7. The molecule has 0 spiro atoms. The molecule has 0 bridgehead atoms. The molecule has 2 heterocycles. The largest absolute Gasteiger partial charge is 0.321 e. The van der Waals surface area contributed by atoms with Crippen molar-refractivity contribution in [2.45, 2.75) is 44.6 Å². The third-order valence-electron chi connectivity index (χ3n) is 5.06. The highest BCUT2D eigenvalue weighted by molar-refractivity contribution is 6.03. The first kappa shape index (κ1) is 15.9. The molecule has 6 heteroatoms. The lowest BCUT2D eigenvalue weighted by molar-refractivity contribution is -0.117. The molecule has 2 aromatic rings. The zero-order valence-electron chi connectivity index (χ0n) is 14.1. The van der Waals surface area contributed by atoms with Gasteiger partial charge in [0.2, 0.25) is 5.91 Å². The van der Waals surface area contributed by atoms with E-state index in [0.717, 1.165) is 31.5 Å². The lowest BCUT2D eigenvalue weighted by atomic mass is 10.2. The maximum absolute atomic E-state index is 12.7. The highest BCUT2D eigenvalue weighted by Gasteiger charge is 2.24. The van der Waals surface area contributed by atoms with Crippen molar-refractivity contribution in [1.29, 1.82) is 0 Å². The molecule has 2 aliphatic rings. The van der Waals surface area contributed by atoms with Crippen LogP contribution in [-0.2, 0) is 4.79 Å². The molecule has 1 aromatic carbocycles. The molecule has 130 valence electrons. The number of rotatable bonds is 4. The summed E-state index contributed by atoms with van der Waals surface area (Å²) in [5, 5.41) is 7.30. The maximum Gasteiger partial charge on any atom is 0.273 e. The second-order valence-electron chi connectivity index (χ2n) is 6.75. The van der Waals surface area contributed by atoms with Gasteiger partial charge in [0.1, 0.15) is 5.69 Å². The van der Waals surface area contributed by atoms with Gasteiger partial charge in [-0.05, 0) is 43.5 Å². The average Bonchev–Trinajstić information content (AvgIpc) is 3.36. The molecule has 1 aliphatic carbocycles. The van der Waals surface area contributed by atoms with Crippen LogP contribution in [0.15, 0.2) is 36.5 Å². The van der Waals surface area contributed by atoms with Crippen molar-refractivity contribution in [3.05, 3.63) is 42.2 Å². The van der Waals surface area contributed by atoms with Crippen LogP contribution in [0.4, 0.5) is 11.4 Å². The molecule has 25 heavy (non-hydrogen) atoms. The number of nitrogens with one attached hydrogen (secondary N) is 1. The van der Waals surface area contributed by atoms with E-state index in [0.29, 0.717) is 23.8 Å². The van der Waals surface area contributed by atoms with Crippen LogP contribution in [0.1, 0.15) is 55.1 Å². The minimum atomic E-state index is -0.158. The summed E-state index contributed by atoms with van der Waals surface area (Å²) in [5.41, 5.74) is 2.13. The first-order valence-electron chi connectivity index (χ1n) is 8.98. The third kappa shape index (κ3) is 3.16. The van der Waals surface area contributed by atoms with Crippen LogP contribution in [0.3, 0.4) is 0 Å². The highest BCUT2D eigenvalue weighted by Crippen LogP contribution is 2.30. The summed E-state index contributed by atoms with van der Waals surface area (Å²) >= 11 is 0. The number of nitrogens with zero attached hydrogens (tertiary/aromatic N) is 3. The lowest BCUT2D eigenvalue weighted by Gasteiger charge is -2.17. The van der Waals surface area contributed by atoms with Crippen LogP contribution in [0.5, 0.6) is 0 Å². The van der Waals surface area contributed by atoms with Gasteiger partial charge < -0.3 is 10.2 Å². The number of carbonyl (C=O) groups excluding carboxylic acids is 2. The fourth-order valence-corrected chi connectivity index (χ4v) is 3.80. The second kappa shape index (κ2) is 6.70. The summed E-state index contributed by atoms with van der Waals surface area (Å²) in [5.74, 6) is -0.0166. The summed E-state index contributed by atoms with van der Waals surface area (Å²) in [7, 11) is 0. The summed E-state index contributed by atoms with van der Waals surface area (Å²) in [6.45, 7) is 0.741. The number of aromatic nitrogens is 2. The molecule has 1 saturated carbocycles. The fraction of sp³-hybridized carbons (Fsp3) is 0.421. The van der Waals surface area contributed by atoms with Crippen LogP contribution in [0.2, 0.25) is 0 Å². The SMILES string of the molecule is O=C(Nc1cccc(N2CCCC2=O)c1)c1ccnn1C1CCCC1. The van der Waals surface area contributed by atoms with Crippen molar-refractivity contribution in [2.24, 2.45) is 0 Å². The Morgan fingerprint density at radius 2 is 2.00 bits per heavy atom. The smallest absolute Gasteiger partial charge is 0.273 e. The average molecular weight is 338 g/mol. The number of anilines is 2. The Hall–Kier alpha value is -2.63. The van der Waals surface area contributed by atoms with Crippen molar-refractivity contribution >= 4 is 23.2 Å². The van der Waals surface area contributed by atoms with Gasteiger partial charge >= 0.3 is 0 Å². The molecule has 1 aromatic heterocycles. The van der Waals surface area contributed by atoms with Gasteiger partial charge in [-0.25, -0.2) is 0 Å². The van der Waals surface area contributed by atoms with E-state index < -0.39 is 0 Å². The number of hydrogen-bond donors (Lipinski definition) is 1. The molecule has 4 rings (SSSR count). The molecule has 0 unspecified atom stereocenters. The Bertz CT molecular complexity index is 792. The predicted octanol–water partition coefficient (Wildman–Crippen LogP) is 3.38. The van der Waals surface area contributed by atoms with Crippen LogP contribution in [0, 0.1) is 0 Å². The minimum absolute atomic E-state index is 0.141. The summed E-state index contributed by atoms with van der Waals surface area (Å²) in [6, 6.07) is 9.56. The number of carbonyl (C=O) groups is 2. The van der Waals surface area contributed by atoms with Crippen LogP contribution < -0.4 is 10.2 Å². The van der Waals surface area contributed by atoms with Crippen LogP contribution in [-0.4, -0.2) is 28.1 Å². The predicted molar refractivity (Wildman–Crippen MR) is 95.7 cm³/mol. The van der Waals surface area contributed by atoms with E-state index in [9.17, 15) is 9.59 Å². The van der Waals surface area contributed by atoms with Crippen molar-refractivity contribution in [3.8, 4) is 0 Å². The second-order valence-corrected chi connectivity index (χ2v) is 6.75. The van der Waals surface area contributed by atoms with Gasteiger partial charge in [0.25, 0.3) is 5.91 Å². The first-order valence-corrected chi connectivity index (χ1v) is 8.98. The Kier molecular flexibility index (Phi) is 4.26. The van der Waals surface area contributed by atoms with Gasteiger partial charge in [-0.1, -0.05) is 18.9 Å². The molecule has 1 aliphatic heterocycles. The third-order valence-corrected chi connectivity index (χ3v) is 5.06. The molecule has 2 amide bonds. The molecule has 0 atom stereocenters. The quantitative estimate of drug-likeness (QED) is 0.929. The molecule has 1 N–H and O–H groups in total. The van der Waals surface area contributed by atoms with Gasteiger partial charge in [0.15, 0.2) is 0 Å². The van der Waals surface area contributed by atoms with Crippen LogP contribution >= 0.6 is 0 Å². The zero-order valence-corrected chi connectivity index (χ0v) is 14.1. The Morgan fingerprint density at radius 1 is 1.16 bits per heavy atom. The molecule has 0 radical (unpaired) electrons. The van der Waals surface area contributed by atoms with E-state index >= 15 is 0 Å². The summed E-state index contributed by atoms with van der Waals surface area (Å²) < 4.78 is 1.86. The van der Waals surface area contributed by atoms with Crippen molar-refractivity contribution in [2.75, 3.05) is 16.8 Å². The van der Waals surface area contributed by atoms with Crippen molar-refractivity contribution in [1.82, 2.24) is 9.78 Å². The first-order chi connectivity index (χ1) is 12.2. The number of benzene rings is 1. The Morgan fingerprint density at radius 3 is 2.76 bits per heavy atom. The van der Waals surface area contributed by atoms with E-state index in [1.165, 1.54) is 12.8 Å². The fourth-order valence-electron chi connectivity index (χ4n) is 3.80. The molecule has 6 nitrogen and oxygen atoms in total. The van der Waals surface area contributed by atoms with Gasteiger partial charge in [-0.2, -0.15) is 5.10 Å². The normalized spacial score (nSPS) is 18.1. The van der Waals surface area contributed by atoms with Crippen molar-refractivity contribution in [3.63, 3.8) is 0 Å². The molecule has 2 fully saturated rings. The summed E-state index contributed by atoms with van der Waals surface area (Å²) in [4.78, 5) is 26.4. The Labute approximate surface area is 146 Å². The molecule has 1 saturated heterocycles. The van der Waals surface area contributed by atoms with E-state index in [1.807, 2.05) is 28.9 Å². The van der Waals surface area contributed by atoms with E-state index in [-0.39, 0.29) is 11.8 Å². The summed E-state index contributed by atoms with van der Waals surface area (Å²) in [6.07, 6.45) is 7.71. The van der Waals surface area contributed by atoms with Gasteiger partial charge in [0.05, 0.1) is 6.04 Å². The molecular weight excluding hydrogens is 316 g/mol. The minimum Gasteiger partial charge on any atom is -0.321 e. The topological polar surface area (TPSA) is 67.2 Å². The highest BCUT2D eigenvalue weighted by atomic mass is 16.2. The number of amides is 2. The molecular formula is C19H22N4O2. The standard InChI is InChI=1S/C19H22N4O2/c24-18-9-4-12-22(18)16-8-3-5-14(13-16)21-19(25)17-10-11-20-23(17)15-6-1-2-7-15/h3,5,8,10-11,13,15H,1-2,4,6-7,9,12H2,(H,21,25). The van der Waals surface area contributed by atoms with E-state index in [2.05, 4.69) is 10.4 Å². The van der Waals surface area contributed by atoms with Crippen LogP contribution in [0.25, 0.3) is 0 Å². The number of hydrogen-bond acceptors (Lipinski definition) is 3. The van der Waals surface area contributed by atoms with E-state index in [4.69, 9.17) is 0 Å². The Balaban J connectivity index is 1.52. The lowest BCUT2D eigenvalue weighted by Crippen LogP contribution is -2.24.